The first kappa shape index (κ1) is 15.7. The molecule has 2 heterocycles. The van der Waals surface area contributed by atoms with Crippen molar-refractivity contribution in [2.24, 2.45) is 0 Å². The summed E-state index contributed by atoms with van der Waals surface area (Å²) < 4.78 is 23.1. The van der Waals surface area contributed by atoms with Crippen LogP contribution < -0.4 is 10.6 Å². The van der Waals surface area contributed by atoms with Gasteiger partial charge in [0.05, 0.1) is 23.6 Å². The molecule has 0 aliphatic carbocycles. The third-order valence-electron chi connectivity index (χ3n) is 3.94. The Labute approximate surface area is 121 Å². The van der Waals surface area contributed by atoms with E-state index in [1.165, 1.54) is 0 Å². The van der Waals surface area contributed by atoms with Crippen LogP contribution in [-0.2, 0) is 14.6 Å². The van der Waals surface area contributed by atoms with Crippen molar-refractivity contribution in [3.8, 4) is 0 Å². The van der Waals surface area contributed by atoms with Crippen LogP contribution in [0.4, 0.5) is 0 Å². The van der Waals surface area contributed by atoms with Crippen molar-refractivity contribution in [1.29, 1.82) is 0 Å². The molecular formula is C13H25N3O3S. The van der Waals surface area contributed by atoms with Gasteiger partial charge >= 0.3 is 0 Å². The molecule has 116 valence electrons. The van der Waals surface area contributed by atoms with Crippen LogP contribution in [-0.4, -0.2) is 68.0 Å². The molecule has 0 radical (unpaired) electrons. The zero-order valence-corrected chi connectivity index (χ0v) is 13.3. The number of amides is 1. The van der Waals surface area contributed by atoms with Gasteiger partial charge in [0.15, 0.2) is 9.84 Å². The van der Waals surface area contributed by atoms with Gasteiger partial charge in [-0.2, -0.15) is 0 Å². The average Bonchev–Trinajstić information content (AvgIpc) is 2.50. The second kappa shape index (κ2) is 5.61. The number of nitrogens with one attached hydrogen (secondary N) is 2. The number of hydrogen-bond donors (Lipinski definition) is 2. The Kier molecular flexibility index (Phi) is 4.41. The van der Waals surface area contributed by atoms with Crippen LogP contribution in [0.2, 0.25) is 0 Å². The van der Waals surface area contributed by atoms with Crippen LogP contribution >= 0.6 is 0 Å². The summed E-state index contributed by atoms with van der Waals surface area (Å²) in [5, 5.41) is 6.33. The van der Waals surface area contributed by atoms with E-state index < -0.39 is 15.4 Å². The van der Waals surface area contributed by atoms with Crippen molar-refractivity contribution in [1.82, 2.24) is 15.5 Å². The fourth-order valence-electron chi connectivity index (χ4n) is 3.26. The molecule has 2 saturated heterocycles. The Balaban J connectivity index is 1.87. The Morgan fingerprint density at radius 2 is 1.95 bits per heavy atom. The minimum absolute atomic E-state index is 0.0557. The summed E-state index contributed by atoms with van der Waals surface area (Å²) in [6, 6.07) is 0.739. The molecule has 3 unspecified atom stereocenters. The van der Waals surface area contributed by atoms with Gasteiger partial charge in [0.2, 0.25) is 5.91 Å². The summed E-state index contributed by atoms with van der Waals surface area (Å²) in [7, 11) is -2.99. The van der Waals surface area contributed by atoms with E-state index in [0.717, 1.165) is 13.1 Å². The molecule has 0 bridgehead atoms. The minimum Gasteiger partial charge on any atom is -0.349 e. The Hall–Kier alpha value is -0.660. The van der Waals surface area contributed by atoms with Gasteiger partial charge in [-0.1, -0.05) is 0 Å². The summed E-state index contributed by atoms with van der Waals surface area (Å²) in [4.78, 5) is 14.2. The van der Waals surface area contributed by atoms with Crippen molar-refractivity contribution < 1.29 is 13.2 Å². The first-order valence-electron chi connectivity index (χ1n) is 7.17. The van der Waals surface area contributed by atoms with Crippen LogP contribution in [0.1, 0.15) is 27.2 Å². The predicted octanol–water partition coefficient (Wildman–Crippen LogP) is -0.638. The fraction of sp³-hybridized carbons (Fsp3) is 0.923. The van der Waals surface area contributed by atoms with Crippen LogP contribution in [0.5, 0.6) is 0 Å². The van der Waals surface area contributed by atoms with Crippen LogP contribution in [0.15, 0.2) is 0 Å². The van der Waals surface area contributed by atoms with E-state index in [1.54, 1.807) is 0 Å². The van der Waals surface area contributed by atoms with E-state index in [1.807, 2.05) is 6.92 Å². The van der Waals surface area contributed by atoms with Gasteiger partial charge in [-0.3, -0.25) is 9.69 Å². The van der Waals surface area contributed by atoms with Crippen molar-refractivity contribution in [3.05, 3.63) is 0 Å². The molecule has 1 amide bonds. The maximum atomic E-state index is 12.1. The topological polar surface area (TPSA) is 78.5 Å². The first-order valence-corrected chi connectivity index (χ1v) is 8.99. The molecule has 2 aliphatic rings. The summed E-state index contributed by atoms with van der Waals surface area (Å²) in [5.41, 5.74) is -0.596. The van der Waals surface area contributed by atoms with Crippen molar-refractivity contribution >= 4 is 15.7 Å². The maximum absolute atomic E-state index is 12.1. The smallest absolute Gasteiger partial charge is 0.234 e. The minimum atomic E-state index is -2.99. The van der Waals surface area contributed by atoms with Gasteiger partial charge in [0.25, 0.3) is 0 Å². The fourth-order valence-corrected chi connectivity index (χ4v) is 5.35. The summed E-state index contributed by atoms with van der Waals surface area (Å²) in [6.45, 7) is 8.04. The molecule has 2 N–H and O–H groups in total. The highest BCUT2D eigenvalue weighted by Crippen LogP contribution is 2.22. The van der Waals surface area contributed by atoms with Crippen molar-refractivity contribution in [2.75, 3.05) is 31.1 Å². The van der Waals surface area contributed by atoms with E-state index in [2.05, 4.69) is 29.4 Å². The third-order valence-corrected chi connectivity index (χ3v) is 5.85. The zero-order chi connectivity index (χ0) is 15.0. The number of carbonyl (C=O) groups excluding carboxylic acids is 1. The lowest BCUT2D eigenvalue weighted by atomic mass is 10.0. The second-order valence-electron chi connectivity index (χ2n) is 6.61. The normalized spacial score (nSPS) is 37.8. The van der Waals surface area contributed by atoms with Gasteiger partial charge in [-0.05, 0) is 27.2 Å². The molecule has 0 spiro atoms. The predicted molar refractivity (Wildman–Crippen MR) is 78.3 cm³/mol. The van der Waals surface area contributed by atoms with E-state index in [9.17, 15) is 13.2 Å². The Bertz CT molecular complexity index is 469. The zero-order valence-electron chi connectivity index (χ0n) is 12.5. The van der Waals surface area contributed by atoms with Gasteiger partial charge in [0.1, 0.15) is 0 Å². The van der Waals surface area contributed by atoms with Gasteiger partial charge < -0.3 is 10.6 Å². The van der Waals surface area contributed by atoms with E-state index in [4.69, 9.17) is 0 Å². The lowest BCUT2D eigenvalue weighted by Gasteiger charge is -2.36. The number of carbonyl (C=O) groups is 1. The van der Waals surface area contributed by atoms with Crippen LogP contribution in [0.25, 0.3) is 0 Å². The quantitative estimate of drug-likeness (QED) is 0.725. The Morgan fingerprint density at radius 1 is 1.35 bits per heavy atom. The molecule has 6 nitrogen and oxygen atoms in total. The Morgan fingerprint density at radius 3 is 2.45 bits per heavy atom. The SMILES string of the molecule is CC1CN(CC(=O)NC2(C)CCS(=O)(=O)C2)CC(C)N1. The van der Waals surface area contributed by atoms with Crippen LogP contribution in [0.3, 0.4) is 0 Å². The average molecular weight is 303 g/mol. The number of hydrogen-bond acceptors (Lipinski definition) is 5. The lowest BCUT2D eigenvalue weighted by Crippen LogP contribution is -2.57. The largest absolute Gasteiger partial charge is 0.349 e. The number of nitrogens with zero attached hydrogens (tertiary/aromatic N) is 1. The van der Waals surface area contributed by atoms with Crippen molar-refractivity contribution in [2.45, 2.75) is 44.8 Å². The molecule has 3 atom stereocenters. The standard InChI is InChI=1S/C13H25N3O3S/c1-10-6-16(7-11(2)14-10)8-12(17)15-13(3)4-5-20(18,19)9-13/h10-11,14H,4-9H2,1-3H3,(H,15,17). The van der Waals surface area contributed by atoms with Gasteiger partial charge in [-0.25, -0.2) is 8.42 Å². The number of rotatable bonds is 3. The van der Waals surface area contributed by atoms with E-state index >= 15 is 0 Å². The summed E-state index contributed by atoms with van der Waals surface area (Å²) in [5.74, 6) is 0.150. The third kappa shape index (κ3) is 4.17. The van der Waals surface area contributed by atoms with Gasteiger partial charge in [0, 0.05) is 25.2 Å². The molecule has 2 aliphatic heterocycles. The molecule has 0 aromatic heterocycles. The number of sulfone groups is 1. The molecule has 0 aromatic carbocycles. The molecule has 0 saturated carbocycles. The lowest BCUT2D eigenvalue weighted by molar-refractivity contribution is -0.124. The monoisotopic (exact) mass is 303 g/mol. The van der Waals surface area contributed by atoms with E-state index in [0.29, 0.717) is 25.0 Å². The first-order chi connectivity index (χ1) is 9.17. The maximum Gasteiger partial charge on any atom is 0.234 e. The van der Waals surface area contributed by atoms with Gasteiger partial charge in [-0.15, -0.1) is 0 Å². The molecule has 2 fully saturated rings. The second-order valence-corrected chi connectivity index (χ2v) is 8.80. The summed E-state index contributed by atoms with van der Waals surface area (Å²) >= 11 is 0. The molecule has 0 aromatic rings. The van der Waals surface area contributed by atoms with E-state index in [-0.39, 0.29) is 17.4 Å². The number of piperazine rings is 1. The molecular weight excluding hydrogens is 278 g/mol. The molecule has 7 heteroatoms. The summed E-state index contributed by atoms with van der Waals surface area (Å²) in [6.07, 6.45) is 0.509. The highest BCUT2D eigenvalue weighted by atomic mass is 32.2. The van der Waals surface area contributed by atoms with Crippen LogP contribution in [0, 0.1) is 0 Å². The molecule has 20 heavy (non-hydrogen) atoms. The highest BCUT2D eigenvalue weighted by Gasteiger charge is 2.39. The van der Waals surface area contributed by atoms with Crippen molar-refractivity contribution in [3.63, 3.8) is 0 Å². The highest BCUT2D eigenvalue weighted by molar-refractivity contribution is 7.91. The molecule has 2 rings (SSSR count).